The van der Waals surface area contributed by atoms with E-state index >= 15 is 0 Å². The Balaban J connectivity index is 1.13. The number of hydrogen-bond donors (Lipinski definition) is 4. The molecule has 2 amide bonds. The molecule has 6 rings (SSSR count). The molecule has 2 aromatic carbocycles. The van der Waals surface area contributed by atoms with Gasteiger partial charge in [0, 0.05) is 29.5 Å². The van der Waals surface area contributed by atoms with Crippen LogP contribution >= 0.6 is 23.2 Å². The van der Waals surface area contributed by atoms with Gasteiger partial charge in [-0.1, -0.05) is 35.3 Å². The van der Waals surface area contributed by atoms with Crippen molar-refractivity contribution in [2.24, 2.45) is 0 Å². The number of amides is 2. The van der Waals surface area contributed by atoms with Crippen LogP contribution < -0.4 is 20.6 Å². The van der Waals surface area contributed by atoms with Gasteiger partial charge in [-0.15, -0.1) is 0 Å². The lowest BCUT2D eigenvalue weighted by atomic mass is 9.60. The Morgan fingerprint density at radius 2 is 1.85 bits per heavy atom. The number of benzene rings is 2. The molecule has 0 spiro atoms. The van der Waals surface area contributed by atoms with E-state index in [1.54, 1.807) is 12.1 Å². The number of rotatable bonds is 8. The molecule has 39 heavy (non-hydrogen) atoms. The van der Waals surface area contributed by atoms with Crippen LogP contribution in [0, 0.1) is 11.0 Å². The van der Waals surface area contributed by atoms with E-state index in [4.69, 9.17) is 32.8 Å². The minimum absolute atomic E-state index is 0.0438. The molecule has 1 saturated heterocycles. The van der Waals surface area contributed by atoms with Gasteiger partial charge in [-0.2, -0.15) is 4.84 Å². The highest BCUT2D eigenvalue weighted by molar-refractivity contribution is 6.30. The second-order valence-corrected chi connectivity index (χ2v) is 11.6. The normalized spacial score (nSPS) is 31.6. The molecule has 0 radical (unpaired) electrons. The highest BCUT2D eigenvalue weighted by Gasteiger charge is 2.56. The molecule has 12 heteroatoms. The first-order chi connectivity index (χ1) is 18.6. The number of hydroxylamine groups is 2. The molecule has 1 heterocycles. The summed E-state index contributed by atoms with van der Waals surface area (Å²) in [5.41, 5.74) is -0.532. The Morgan fingerprint density at radius 3 is 2.51 bits per heavy atom. The number of quaternary nitrogens is 1. The minimum Gasteiger partial charge on any atom is -0.600 e. The molecule has 3 saturated carbocycles. The van der Waals surface area contributed by atoms with Gasteiger partial charge in [0.25, 0.3) is 11.8 Å². The van der Waals surface area contributed by atoms with Gasteiger partial charge in [0.05, 0.1) is 16.7 Å². The quantitative estimate of drug-likeness (QED) is 0.354. The molecule has 4 fully saturated rings. The lowest BCUT2D eigenvalue weighted by Crippen LogP contribution is -3.08. The van der Waals surface area contributed by atoms with Crippen LogP contribution in [0.1, 0.15) is 44.1 Å². The number of nitrogens with one attached hydrogen (secondary N) is 3. The molecule has 0 aromatic heterocycles. The zero-order chi connectivity index (χ0) is 27.8. The van der Waals surface area contributed by atoms with Crippen molar-refractivity contribution < 1.29 is 33.9 Å². The van der Waals surface area contributed by atoms with Crippen molar-refractivity contribution in [3.63, 3.8) is 0 Å². The molecule has 1 aliphatic heterocycles. The van der Waals surface area contributed by atoms with Crippen LogP contribution in [0.2, 0.25) is 10.0 Å². The standard InChI is InChI=1S/C27H30Cl2FN3O6/c28-17-3-1-16(2-4-17)11-18-12-22(39-33(18)37)25(36)32-26-7-9-27(10-8-26,23(34)14-26)31-24(35)15-38-19-5-6-20(29)21(30)13-19/h1-6,13,18,22-23,33-34H,7-12,14-15H2,(H,31,35)(H,32,36). The third kappa shape index (κ3) is 6.16. The van der Waals surface area contributed by atoms with E-state index in [-0.39, 0.29) is 36.1 Å². The van der Waals surface area contributed by atoms with Crippen LogP contribution in [0.3, 0.4) is 0 Å². The third-order valence-corrected chi connectivity index (χ3v) is 8.70. The zero-order valence-corrected chi connectivity index (χ0v) is 22.6. The Kier molecular flexibility index (Phi) is 8.05. The minimum atomic E-state index is -0.888. The van der Waals surface area contributed by atoms with Gasteiger partial charge in [-0.25, -0.2) is 9.62 Å². The molecule has 4 unspecified atom stereocenters. The summed E-state index contributed by atoms with van der Waals surface area (Å²) in [5, 5.41) is 29.6. The number of ether oxygens (including phenoxy) is 1. The first-order valence-electron chi connectivity index (χ1n) is 12.9. The van der Waals surface area contributed by atoms with Crippen LogP contribution in [0.4, 0.5) is 4.39 Å². The van der Waals surface area contributed by atoms with Gasteiger partial charge in [0.15, 0.2) is 6.61 Å². The van der Waals surface area contributed by atoms with Gasteiger partial charge >= 0.3 is 0 Å². The smallest absolute Gasteiger partial charge is 0.258 e. The predicted molar refractivity (Wildman–Crippen MR) is 141 cm³/mol. The monoisotopic (exact) mass is 581 g/mol. The average Bonchev–Trinajstić information content (AvgIpc) is 3.27. The van der Waals surface area contributed by atoms with Crippen molar-refractivity contribution in [3.8, 4) is 5.75 Å². The summed E-state index contributed by atoms with van der Waals surface area (Å²) in [7, 11) is 0. The highest BCUT2D eigenvalue weighted by Crippen LogP contribution is 2.47. The van der Waals surface area contributed by atoms with Gasteiger partial charge in [0.2, 0.25) is 6.10 Å². The van der Waals surface area contributed by atoms with Crippen LogP contribution in [0.5, 0.6) is 5.75 Å². The molecule has 2 aromatic rings. The van der Waals surface area contributed by atoms with Crippen molar-refractivity contribution in [3.05, 3.63) is 69.1 Å². The molecule has 210 valence electrons. The van der Waals surface area contributed by atoms with Crippen molar-refractivity contribution in [1.82, 2.24) is 10.6 Å². The van der Waals surface area contributed by atoms with Gasteiger partial charge in [-0.3, -0.25) is 9.59 Å². The van der Waals surface area contributed by atoms with E-state index in [9.17, 15) is 24.3 Å². The molecule has 3 aliphatic carbocycles. The Labute approximate surface area is 235 Å². The van der Waals surface area contributed by atoms with E-state index in [2.05, 4.69) is 10.6 Å². The number of carbonyl (C=O) groups is 2. The van der Waals surface area contributed by atoms with E-state index in [0.717, 1.165) is 11.6 Å². The second kappa shape index (κ2) is 11.2. The van der Waals surface area contributed by atoms with E-state index in [0.29, 0.717) is 37.1 Å². The van der Waals surface area contributed by atoms with Gasteiger partial charge < -0.3 is 25.7 Å². The Morgan fingerprint density at radius 1 is 1.13 bits per heavy atom. The lowest BCUT2D eigenvalue weighted by Gasteiger charge is -2.56. The van der Waals surface area contributed by atoms with Crippen molar-refractivity contribution in [1.29, 1.82) is 0 Å². The van der Waals surface area contributed by atoms with Crippen molar-refractivity contribution in [2.75, 3.05) is 6.61 Å². The predicted octanol–water partition coefficient (Wildman–Crippen LogP) is 2.26. The summed E-state index contributed by atoms with van der Waals surface area (Å²) >= 11 is 11.6. The van der Waals surface area contributed by atoms with E-state index < -0.39 is 46.3 Å². The van der Waals surface area contributed by atoms with Gasteiger partial charge in [-0.05, 0) is 61.9 Å². The lowest BCUT2D eigenvalue weighted by molar-refractivity contribution is -1.06. The fourth-order valence-electron chi connectivity index (χ4n) is 5.90. The van der Waals surface area contributed by atoms with Crippen LogP contribution in [0.25, 0.3) is 0 Å². The maximum absolute atomic E-state index is 13.6. The first kappa shape index (κ1) is 28.1. The summed E-state index contributed by atoms with van der Waals surface area (Å²) in [4.78, 5) is 31.1. The largest absolute Gasteiger partial charge is 0.600 e. The topological polar surface area (TPSA) is 124 Å². The molecule has 2 bridgehead atoms. The molecule has 4 N–H and O–H groups in total. The van der Waals surface area contributed by atoms with E-state index in [1.807, 2.05) is 12.1 Å². The number of hydrogen-bond acceptors (Lipinski definition) is 6. The van der Waals surface area contributed by atoms with Crippen LogP contribution in [0.15, 0.2) is 42.5 Å². The summed E-state index contributed by atoms with van der Waals surface area (Å²) < 4.78 is 19.0. The molecule has 9 nitrogen and oxygen atoms in total. The Hall–Kier alpha value is -2.47. The summed E-state index contributed by atoms with van der Waals surface area (Å²) in [6.07, 6.45) is 1.25. The SMILES string of the molecule is O=C(COc1ccc(Cl)c(F)c1)NC12CCC(NC(=O)C3CC(Cc4ccc(Cl)cc4)[NH+]([O-])O3)(CC1)CC2O. The van der Waals surface area contributed by atoms with Gasteiger partial charge in [0.1, 0.15) is 17.6 Å². The van der Waals surface area contributed by atoms with Crippen molar-refractivity contribution >= 4 is 35.0 Å². The number of fused-ring (bicyclic) bond motifs is 3. The van der Waals surface area contributed by atoms with Crippen LogP contribution in [-0.2, 0) is 20.8 Å². The second-order valence-electron chi connectivity index (χ2n) is 10.7. The fourth-order valence-corrected chi connectivity index (χ4v) is 6.15. The molecule has 4 aliphatic rings. The first-order valence-corrected chi connectivity index (χ1v) is 13.7. The highest BCUT2D eigenvalue weighted by atomic mass is 35.5. The molecule has 4 atom stereocenters. The van der Waals surface area contributed by atoms with E-state index in [1.165, 1.54) is 12.1 Å². The van der Waals surface area contributed by atoms with Crippen LogP contribution in [-0.4, -0.2) is 52.9 Å². The number of aliphatic hydroxyl groups is 1. The summed E-state index contributed by atoms with van der Waals surface area (Å²) in [5.74, 6) is -1.28. The molecular formula is C27H30Cl2FN3O6. The number of aliphatic hydroxyl groups excluding tert-OH is 1. The third-order valence-electron chi connectivity index (χ3n) is 8.14. The van der Waals surface area contributed by atoms with Crippen molar-refractivity contribution in [2.45, 2.75) is 74.3 Å². The maximum atomic E-state index is 13.6. The summed E-state index contributed by atoms with van der Waals surface area (Å²) in [6.45, 7) is -0.346. The fraction of sp³-hybridized carbons (Fsp3) is 0.481. The maximum Gasteiger partial charge on any atom is 0.258 e. The zero-order valence-electron chi connectivity index (χ0n) is 21.1. The molecular weight excluding hydrogens is 552 g/mol. The number of carbonyl (C=O) groups excluding carboxylic acids is 2. The average molecular weight is 582 g/mol. The Bertz CT molecular complexity index is 1220. The summed E-state index contributed by atoms with van der Waals surface area (Å²) in [6, 6.07) is 10.7. The number of halogens is 3.